The number of carboxylic acids is 1. The summed E-state index contributed by atoms with van der Waals surface area (Å²) in [4.78, 5) is 13.3. The molecule has 2 aliphatic heterocycles. The molecule has 0 spiro atoms. The zero-order chi connectivity index (χ0) is 18.9. The van der Waals surface area contributed by atoms with Gasteiger partial charge in [0.1, 0.15) is 5.75 Å². The number of nitrogens with zero attached hydrogens (tertiary/aromatic N) is 1. The fourth-order valence-electron chi connectivity index (χ4n) is 4.01. The van der Waals surface area contributed by atoms with E-state index in [0.29, 0.717) is 18.3 Å². The Balaban J connectivity index is 0.000000189. The largest absolute Gasteiger partial charge is 0.493 e. The van der Waals surface area contributed by atoms with E-state index in [4.69, 9.17) is 9.84 Å². The monoisotopic (exact) mass is 361 g/mol. The molecule has 4 nitrogen and oxygen atoms in total. The highest BCUT2D eigenvalue weighted by atomic mass is 16.5. The standard InChI is InChI=1S/C11H21N.C11H14O3/c1-2-10-6-5-9-12-8-4-3-7-11(10)12;1-8(2)7-14-10-5-3-9(4-6-10)11(12)13/h10-11H,2-9H2,1H3;3-6,8H,7H2,1-2H3,(H,12,13). The molecule has 2 saturated heterocycles. The number of carbonyl (C=O) groups is 1. The van der Waals surface area contributed by atoms with E-state index in [1.807, 2.05) is 0 Å². The zero-order valence-electron chi connectivity index (χ0n) is 16.6. The number of hydrogen-bond acceptors (Lipinski definition) is 3. The Hall–Kier alpha value is -1.55. The zero-order valence-corrected chi connectivity index (χ0v) is 16.6. The molecule has 2 aliphatic rings. The minimum Gasteiger partial charge on any atom is -0.493 e. The third-order valence-electron chi connectivity index (χ3n) is 5.44. The summed E-state index contributed by atoms with van der Waals surface area (Å²) < 4.78 is 5.41. The molecule has 2 heterocycles. The molecule has 0 bridgehead atoms. The van der Waals surface area contributed by atoms with E-state index >= 15 is 0 Å². The molecule has 0 amide bonds. The number of hydrogen-bond donors (Lipinski definition) is 1. The first-order chi connectivity index (χ1) is 12.5. The minimum absolute atomic E-state index is 0.280. The molecule has 2 atom stereocenters. The van der Waals surface area contributed by atoms with Gasteiger partial charge in [0.25, 0.3) is 0 Å². The quantitative estimate of drug-likeness (QED) is 0.794. The number of piperidine rings is 2. The summed E-state index contributed by atoms with van der Waals surface area (Å²) >= 11 is 0. The molecule has 0 aromatic heterocycles. The second kappa shape index (κ2) is 10.6. The van der Waals surface area contributed by atoms with Crippen LogP contribution in [0.1, 0.15) is 69.7 Å². The van der Waals surface area contributed by atoms with Crippen molar-refractivity contribution in [3.8, 4) is 5.75 Å². The fourth-order valence-corrected chi connectivity index (χ4v) is 4.01. The van der Waals surface area contributed by atoms with E-state index in [-0.39, 0.29) is 5.56 Å². The van der Waals surface area contributed by atoms with Crippen LogP contribution in [0, 0.1) is 11.8 Å². The van der Waals surface area contributed by atoms with Gasteiger partial charge in [-0.15, -0.1) is 0 Å². The van der Waals surface area contributed by atoms with Crippen molar-refractivity contribution in [1.29, 1.82) is 0 Å². The van der Waals surface area contributed by atoms with Gasteiger partial charge >= 0.3 is 5.97 Å². The molecular formula is C22H35NO3. The van der Waals surface area contributed by atoms with Crippen LogP contribution in [0.25, 0.3) is 0 Å². The van der Waals surface area contributed by atoms with Gasteiger partial charge in [0.05, 0.1) is 12.2 Å². The summed E-state index contributed by atoms with van der Waals surface area (Å²) in [5, 5.41) is 8.65. The van der Waals surface area contributed by atoms with E-state index in [0.717, 1.165) is 12.0 Å². The van der Waals surface area contributed by atoms with E-state index in [1.54, 1.807) is 12.1 Å². The van der Waals surface area contributed by atoms with Gasteiger partial charge < -0.3 is 14.7 Å². The fraction of sp³-hybridized carbons (Fsp3) is 0.682. The third-order valence-corrected chi connectivity index (χ3v) is 5.44. The van der Waals surface area contributed by atoms with Crippen molar-refractivity contribution in [3.05, 3.63) is 29.8 Å². The number of fused-ring (bicyclic) bond motifs is 1. The molecule has 0 radical (unpaired) electrons. The Morgan fingerprint density at radius 3 is 2.46 bits per heavy atom. The number of carboxylic acid groups (broad SMARTS) is 1. The lowest BCUT2D eigenvalue weighted by Crippen LogP contribution is -2.47. The van der Waals surface area contributed by atoms with Crippen LogP contribution in [0.4, 0.5) is 0 Å². The summed E-state index contributed by atoms with van der Waals surface area (Å²) in [6.45, 7) is 9.91. The van der Waals surface area contributed by atoms with Crippen LogP contribution in [0.5, 0.6) is 5.75 Å². The van der Waals surface area contributed by atoms with Crippen molar-refractivity contribution >= 4 is 5.97 Å². The first kappa shape index (κ1) is 20.8. The predicted molar refractivity (Wildman–Crippen MR) is 106 cm³/mol. The molecular weight excluding hydrogens is 326 g/mol. The van der Waals surface area contributed by atoms with Crippen molar-refractivity contribution in [2.75, 3.05) is 19.7 Å². The summed E-state index contributed by atoms with van der Waals surface area (Å²) in [6, 6.07) is 7.39. The summed E-state index contributed by atoms with van der Waals surface area (Å²) in [7, 11) is 0. The Kier molecular flexibility index (Phi) is 8.43. The maximum atomic E-state index is 10.5. The molecule has 1 aromatic carbocycles. The third kappa shape index (κ3) is 6.31. The van der Waals surface area contributed by atoms with Crippen molar-refractivity contribution in [2.24, 2.45) is 11.8 Å². The van der Waals surface area contributed by atoms with Gasteiger partial charge in [-0.1, -0.05) is 33.6 Å². The summed E-state index contributed by atoms with van der Waals surface area (Å²) in [5.41, 5.74) is 0.280. The number of ether oxygens (including phenoxy) is 1. The highest BCUT2D eigenvalue weighted by Crippen LogP contribution is 2.32. The molecule has 146 valence electrons. The van der Waals surface area contributed by atoms with Gasteiger partial charge in [0.2, 0.25) is 0 Å². The van der Waals surface area contributed by atoms with Gasteiger partial charge in [0, 0.05) is 6.04 Å². The van der Waals surface area contributed by atoms with Crippen LogP contribution >= 0.6 is 0 Å². The Morgan fingerprint density at radius 2 is 1.85 bits per heavy atom. The number of rotatable bonds is 5. The molecule has 2 unspecified atom stereocenters. The van der Waals surface area contributed by atoms with E-state index < -0.39 is 5.97 Å². The predicted octanol–water partition coefficient (Wildman–Crippen LogP) is 5.08. The van der Waals surface area contributed by atoms with Crippen LogP contribution in [0.15, 0.2) is 24.3 Å². The van der Waals surface area contributed by atoms with Crippen LogP contribution in [-0.4, -0.2) is 41.7 Å². The molecule has 3 rings (SSSR count). The Morgan fingerprint density at radius 1 is 1.15 bits per heavy atom. The van der Waals surface area contributed by atoms with Gasteiger partial charge in [-0.25, -0.2) is 4.79 Å². The normalized spacial score (nSPS) is 22.9. The first-order valence-corrected chi connectivity index (χ1v) is 10.2. The van der Waals surface area contributed by atoms with Gasteiger partial charge in [-0.3, -0.25) is 0 Å². The molecule has 1 aromatic rings. The number of aromatic carboxylic acids is 1. The maximum absolute atomic E-state index is 10.5. The lowest BCUT2D eigenvalue weighted by Gasteiger charge is -2.44. The van der Waals surface area contributed by atoms with Gasteiger partial charge in [0.15, 0.2) is 0 Å². The van der Waals surface area contributed by atoms with Crippen molar-refractivity contribution in [3.63, 3.8) is 0 Å². The molecule has 1 N–H and O–H groups in total. The molecule has 4 heteroatoms. The highest BCUT2D eigenvalue weighted by molar-refractivity contribution is 5.87. The first-order valence-electron chi connectivity index (χ1n) is 10.2. The SMILES string of the molecule is CC(C)COc1ccc(C(=O)O)cc1.CCC1CCCN2CCCCC12. The Bertz CT molecular complexity index is 532. The minimum atomic E-state index is -0.916. The second-order valence-electron chi connectivity index (χ2n) is 7.94. The van der Waals surface area contributed by atoms with Crippen LogP contribution in [0.2, 0.25) is 0 Å². The van der Waals surface area contributed by atoms with E-state index in [2.05, 4.69) is 25.7 Å². The number of benzene rings is 1. The topological polar surface area (TPSA) is 49.8 Å². The summed E-state index contributed by atoms with van der Waals surface area (Å²) in [5.74, 6) is 1.29. The second-order valence-corrected chi connectivity index (χ2v) is 7.94. The van der Waals surface area contributed by atoms with Gasteiger partial charge in [-0.05, 0) is 74.9 Å². The van der Waals surface area contributed by atoms with E-state index in [9.17, 15) is 4.79 Å². The Labute approximate surface area is 158 Å². The van der Waals surface area contributed by atoms with Crippen LogP contribution < -0.4 is 4.74 Å². The highest BCUT2D eigenvalue weighted by Gasteiger charge is 2.31. The molecule has 0 saturated carbocycles. The van der Waals surface area contributed by atoms with Crippen molar-refractivity contribution in [2.45, 2.75) is 65.3 Å². The lowest BCUT2D eigenvalue weighted by atomic mass is 9.82. The molecule has 0 aliphatic carbocycles. The average Bonchev–Trinajstić information content (AvgIpc) is 2.66. The van der Waals surface area contributed by atoms with Crippen LogP contribution in [0.3, 0.4) is 0 Å². The van der Waals surface area contributed by atoms with Crippen molar-refractivity contribution < 1.29 is 14.6 Å². The van der Waals surface area contributed by atoms with E-state index in [1.165, 1.54) is 63.7 Å². The summed E-state index contributed by atoms with van der Waals surface area (Å²) in [6.07, 6.45) is 8.77. The van der Waals surface area contributed by atoms with Crippen molar-refractivity contribution in [1.82, 2.24) is 4.90 Å². The average molecular weight is 362 g/mol. The maximum Gasteiger partial charge on any atom is 0.335 e. The lowest BCUT2D eigenvalue weighted by molar-refractivity contribution is 0.0580. The van der Waals surface area contributed by atoms with Gasteiger partial charge in [-0.2, -0.15) is 0 Å². The molecule has 26 heavy (non-hydrogen) atoms. The molecule has 2 fully saturated rings. The van der Waals surface area contributed by atoms with Crippen LogP contribution in [-0.2, 0) is 0 Å². The smallest absolute Gasteiger partial charge is 0.335 e.